The Bertz CT molecular complexity index is 266. The maximum Gasteiger partial charge on any atom is 0.0622 e. The first-order valence-electron chi connectivity index (χ1n) is 12.9. The van der Waals surface area contributed by atoms with Crippen LogP contribution in [0, 0.1) is 17.8 Å². The van der Waals surface area contributed by atoms with Crippen LogP contribution < -0.4 is 0 Å². The van der Waals surface area contributed by atoms with Crippen LogP contribution in [0.5, 0.6) is 0 Å². The minimum atomic E-state index is -0.816. The Morgan fingerprint density at radius 1 is 0.481 bits per heavy atom. The molecular formula is C26H56P+. The standard InChI is InChI=1S/C26H56P/c1-8-15-18-24(11-4)21-27(14-7,22-25(12-5)19-16-9-2)23-26(13-6)20-17-10-3/h24-26H,8-23H2,1-7H3/q+1. The van der Waals surface area contributed by atoms with Crippen LogP contribution in [0.4, 0.5) is 0 Å². The lowest BCUT2D eigenvalue weighted by Gasteiger charge is -2.35. The molecule has 3 unspecified atom stereocenters. The summed E-state index contributed by atoms with van der Waals surface area (Å²) in [6, 6.07) is 0. The van der Waals surface area contributed by atoms with Crippen molar-refractivity contribution >= 4 is 7.26 Å². The van der Waals surface area contributed by atoms with Crippen molar-refractivity contribution in [2.24, 2.45) is 17.8 Å². The fourth-order valence-corrected chi connectivity index (χ4v) is 10.8. The van der Waals surface area contributed by atoms with Crippen molar-refractivity contribution in [2.45, 2.75) is 126 Å². The lowest BCUT2D eigenvalue weighted by Crippen LogP contribution is -2.24. The molecule has 1 heteroatoms. The topological polar surface area (TPSA) is 0 Å². The van der Waals surface area contributed by atoms with E-state index in [2.05, 4.69) is 48.5 Å². The van der Waals surface area contributed by atoms with Crippen molar-refractivity contribution in [3.05, 3.63) is 0 Å². The molecule has 0 aliphatic carbocycles. The molecule has 0 heterocycles. The lowest BCUT2D eigenvalue weighted by molar-refractivity contribution is 0.467. The molecule has 0 aliphatic heterocycles. The number of rotatable bonds is 19. The van der Waals surface area contributed by atoms with Gasteiger partial charge in [0.15, 0.2) is 0 Å². The molecule has 3 atom stereocenters. The van der Waals surface area contributed by atoms with E-state index in [-0.39, 0.29) is 0 Å². The SMILES string of the molecule is CCCCC(CC)C[P+](CC)(CC(CC)CCCC)CC(CC)CCCC. The van der Waals surface area contributed by atoms with Crippen LogP contribution >= 0.6 is 7.26 Å². The first kappa shape index (κ1) is 27.4. The molecule has 0 rings (SSSR count). The third kappa shape index (κ3) is 11.9. The zero-order valence-corrected chi connectivity index (χ0v) is 21.4. The maximum absolute atomic E-state index is 2.57. The van der Waals surface area contributed by atoms with Crippen molar-refractivity contribution in [3.8, 4) is 0 Å². The van der Waals surface area contributed by atoms with Crippen LogP contribution in [0.2, 0.25) is 0 Å². The second-order valence-electron chi connectivity index (χ2n) is 9.46. The highest BCUT2D eigenvalue weighted by Gasteiger charge is 2.41. The Balaban J connectivity index is 5.35. The largest absolute Gasteiger partial charge is 0.0654 e. The normalized spacial score (nSPS) is 17.4. The predicted octanol–water partition coefficient (Wildman–Crippen LogP) is 9.67. The molecule has 0 aromatic heterocycles. The molecule has 0 aromatic carbocycles. The molecule has 0 spiro atoms. The third-order valence-electron chi connectivity index (χ3n) is 7.24. The van der Waals surface area contributed by atoms with E-state index in [9.17, 15) is 0 Å². The van der Waals surface area contributed by atoms with E-state index in [0.29, 0.717) is 0 Å². The van der Waals surface area contributed by atoms with Gasteiger partial charge in [-0.1, -0.05) is 80.1 Å². The highest BCUT2D eigenvalue weighted by molar-refractivity contribution is 7.75. The van der Waals surface area contributed by atoms with Gasteiger partial charge in [-0.3, -0.25) is 0 Å². The van der Waals surface area contributed by atoms with Gasteiger partial charge in [0.1, 0.15) is 0 Å². The Morgan fingerprint density at radius 2 is 0.778 bits per heavy atom. The summed E-state index contributed by atoms with van der Waals surface area (Å²) in [6.07, 6.45) is 23.5. The van der Waals surface area contributed by atoms with Crippen LogP contribution in [-0.4, -0.2) is 24.6 Å². The van der Waals surface area contributed by atoms with Crippen molar-refractivity contribution in [1.82, 2.24) is 0 Å². The number of hydrogen-bond donors (Lipinski definition) is 0. The van der Waals surface area contributed by atoms with Crippen molar-refractivity contribution in [3.63, 3.8) is 0 Å². The van der Waals surface area contributed by atoms with Gasteiger partial charge >= 0.3 is 0 Å². The minimum absolute atomic E-state index is 0.816. The zero-order valence-electron chi connectivity index (χ0n) is 20.5. The summed E-state index contributed by atoms with van der Waals surface area (Å²) in [5.41, 5.74) is 0. The molecule has 0 saturated carbocycles. The van der Waals surface area contributed by atoms with E-state index in [1.54, 1.807) is 18.5 Å². The van der Waals surface area contributed by atoms with E-state index in [4.69, 9.17) is 0 Å². The second kappa shape index (κ2) is 17.3. The summed E-state index contributed by atoms with van der Waals surface area (Å²) in [7, 11) is -0.816. The predicted molar refractivity (Wildman–Crippen MR) is 132 cm³/mol. The highest BCUT2D eigenvalue weighted by atomic mass is 31.2. The monoisotopic (exact) mass is 399 g/mol. The molecule has 0 aliphatic rings. The van der Waals surface area contributed by atoms with E-state index >= 15 is 0 Å². The van der Waals surface area contributed by atoms with E-state index in [1.165, 1.54) is 83.2 Å². The summed E-state index contributed by atoms with van der Waals surface area (Å²) in [5.74, 6) is 3.02. The molecule has 0 bridgehead atoms. The number of unbranched alkanes of at least 4 members (excludes halogenated alkanes) is 3. The average Bonchev–Trinajstić information content (AvgIpc) is 2.70. The van der Waals surface area contributed by atoms with Crippen molar-refractivity contribution in [1.29, 1.82) is 0 Å². The first-order valence-corrected chi connectivity index (χ1v) is 15.4. The number of hydrogen-bond acceptors (Lipinski definition) is 0. The summed E-state index contributed by atoms with van der Waals surface area (Å²) < 4.78 is 0. The second-order valence-corrected chi connectivity index (χ2v) is 13.9. The molecule has 0 radical (unpaired) electrons. The van der Waals surface area contributed by atoms with Gasteiger partial charge in [0.05, 0.1) is 24.6 Å². The minimum Gasteiger partial charge on any atom is -0.0654 e. The van der Waals surface area contributed by atoms with Crippen molar-refractivity contribution in [2.75, 3.05) is 24.6 Å². The summed E-state index contributed by atoms with van der Waals surface area (Å²) in [5, 5.41) is 0. The Labute approximate surface area is 175 Å². The van der Waals surface area contributed by atoms with Crippen LogP contribution in [0.15, 0.2) is 0 Å². The fourth-order valence-electron chi connectivity index (χ4n) is 5.01. The Kier molecular flexibility index (Phi) is 17.6. The van der Waals surface area contributed by atoms with Gasteiger partial charge in [0, 0.05) is 7.26 Å². The van der Waals surface area contributed by atoms with Crippen molar-refractivity contribution < 1.29 is 0 Å². The van der Waals surface area contributed by atoms with Gasteiger partial charge in [-0.2, -0.15) is 0 Å². The Hall–Kier alpha value is 0.430. The Morgan fingerprint density at radius 3 is 0.963 bits per heavy atom. The van der Waals surface area contributed by atoms with Gasteiger partial charge in [0.2, 0.25) is 0 Å². The highest BCUT2D eigenvalue weighted by Crippen LogP contribution is 2.63. The molecule has 0 N–H and O–H groups in total. The molecule has 0 aromatic rings. The van der Waals surface area contributed by atoms with Crippen LogP contribution in [0.25, 0.3) is 0 Å². The summed E-state index contributed by atoms with van der Waals surface area (Å²) >= 11 is 0. The lowest BCUT2D eigenvalue weighted by atomic mass is 10.0. The first-order chi connectivity index (χ1) is 13.0. The summed E-state index contributed by atoms with van der Waals surface area (Å²) in [4.78, 5) is 0. The summed E-state index contributed by atoms with van der Waals surface area (Å²) in [6.45, 7) is 17.1. The molecule has 27 heavy (non-hydrogen) atoms. The van der Waals surface area contributed by atoms with Gasteiger partial charge in [-0.05, 0) is 63.2 Å². The molecule has 0 amide bonds. The fraction of sp³-hybridized carbons (Fsp3) is 1.00. The third-order valence-corrected chi connectivity index (χ3v) is 12.5. The van der Waals surface area contributed by atoms with E-state index in [0.717, 1.165) is 17.8 Å². The van der Waals surface area contributed by atoms with Gasteiger partial charge in [-0.25, -0.2) is 0 Å². The molecule has 164 valence electrons. The van der Waals surface area contributed by atoms with Crippen LogP contribution in [0.1, 0.15) is 126 Å². The van der Waals surface area contributed by atoms with Crippen LogP contribution in [-0.2, 0) is 0 Å². The maximum atomic E-state index is 2.57. The van der Waals surface area contributed by atoms with Gasteiger partial charge in [-0.15, -0.1) is 0 Å². The zero-order chi connectivity index (χ0) is 20.5. The van der Waals surface area contributed by atoms with Gasteiger partial charge < -0.3 is 0 Å². The molecular weight excluding hydrogens is 343 g/mol. The van der Waals surface area contributed by atoms with E-state index < -0.39 is 7.26 Å². The van der Waals surface area contributed by atoms with Gasteiger partial charge in [0.25, 0.3) is 0 Å². The van der Waals surface area contributed by atoms with E-state index in [1.807, 2.05) is 0 Å². The van der Waals surface area contributed by atoms with Crippen LogP contribution in [0.3, 0.4) is 0 Å². The molecule has 0 fully saturated rings. The average molecular weight is 400 g/mol. The smallest absolute Gasteiger partial charge is 0.0622 e. The molecule has 0 saturated heterocycles. The quantitative estimate of drug-likeness (QED) is 0.190. The molecule has 0 nitrogen and oxygen atoms in total.